The van der Waals surface area contributed by atoms with Crippen molar-refractivity contribution >= 4 is 29.4 Å². The van der Waals surface area contributed by atoms with Crippen LogP contribution in [-0.2, 0) is 21.7 Å². The van der Waals surface area contributed by atoms with Crippen molar-refractivity contribution < 1.29 is 14.4 Å². The standard InChI is InChI=1S/C21H22ClN3O3/c1-14-8-4-5-9-15(14)12-24(3)18(26)13-25-19(27)21(2,23-20(25)28)16-10-6-7-11-17(16)22/h4-11H,12-13H2,1-3H3,(H,23,28)/t21-/m1/s1. The summed E-state index contributed by atoms with van der Waals surface area (Å²) in [5, 5.41) is 3.05. The molecule has 1 aliphatic heterocycles. The third-order valence-electron chi connectivity index (χ3n) is 5.08. The fraction of sp³-hybridized carbons (Fsp3) is 0.286. The van der Waals surface area contributed by atoms with Crippen molar-refractivity contribution in [3.63, 3.8) is 0 Å². The van der Waals surface area contributed by atoms with Crippen LogP contribution in [0.2, 0.25) is 5.02 Å². The number of imide groups is 1. The lowest BCUT2D eigenvalue weighted by atomic mass is 9.92. The number of aryl methyl sites for hydroxylation is 1. The first-order valence-corrected chi connectivity index (χ1v) is 9.29. The molecule has 0 aromatic heterocycles. The van der Waals surface area contributed by atoms with Crippen LogP contribution in [-0.4, -0.2) is 41.2 Å². The van der Waals surface area contributed by atoms with Crippen LogP contribution >= 0.6 is 11.6 Å². The average molecular weight is 400 g/mol. The van der Waals surface area contributed by atoms with Crippen molar-refractivity contribution in [2.75, 3.05) is 13.6 Å². The summed E-state index contributed by atoms with van der Waals surface area (Å²) in [4.78, 5) is 40.5. The highest BCUT2D eigenvalue weighted by Crippen LogP contribution is 2.33. The van der Waals surface area contributed by atoms with Crippen LogP contribution in [0.5, 0.6) is 0 Å². The Labute approximate surface area is 169 Å². The summed E-state index contributed by atoms with van der Waals surface area (Å²) < 4.78 is 0. The number of rotatable bonds is 5. The smallest absolute Gasteiger partial charge is 0.325 e. The van der Waals surface area contributed by atoms with Crippen LogP contribution in [0.3, 0.4) is 0 Å². The van der Waals surface area contributed by atoms with Gasteiger partial charge in [-0.25, -0.2) is 4.79 Å². The number of likely N-dealkylation sites (N-methyl/N-ethyl adjacent to an activating group) is 1. The molecule has 3 rings (SSSR count). The van der Waals surface area contributed by atoms with E-state index in [0.717, 1.165) is 16.0 Å². The summed E-state index contributed by atoms with van der Waals surface area (Å²) in [5.74, 6) is -0.821. The van der Waals surface area contributed by atoms with Gasteiger partial charge in [0, 0.05) is 24.2 Å². The predicted octanol–water partition coefficient (Wildman–Crippen LogP) is 3.07. The zero-order chi connectivity index (χ0) is 20.5. The summed E-state index contributed by atoms with van der Waals surface area (Å²) in [5.41, 5.74) is 1.28. The van der Waals surface area contributed by atoms with E-state index in [-0.39, 0.29) is 12.5 Å². The van der Waals surface area contributed by atoms with Crippen molar-refractivity contribution in [3.05, 3.63) is 70.2 Å². The van der Waals surface area contributed by atoms with Gasteiger partial charge in [0.05, 0.1) is 0 Å². The van der Waals surface area contributed by atoms with Gasteiger partial charge in [0.2, 0.25) is 5.91 Å². The minimum absolute atomic E-state index is 0.324. The number of nitrogens with zero attached hydrogens (tertiary/aromatic N) is 2. The zero-order valence-corrected chi connectivity index (χ0v) is 16.8. The van der Waals surface area contributed by atoms with Crippen LogP contribution in [0.25, 0.3) is 0 Å². The van der Waals surface area contributed by atoms with Crippen molar-refractivity contribution in [3.8, 4) is 0 Å². The van der Waals surface area contributed by atoms with Crippen LogP contribution in [0.4, 0.5) is 4.79 Å². The van der Waals surface area contributed by atoms with E-state index in [4.69, 9.17) is 11.6 Å². The maximum absolute atomic E-state index is 13.0. The topological polar surface area (TPSA) is 69.7 Å². The number of hydrogen-bond donors (Lipinski definition) is 1. The molecule has 0 saturated carbocycles. The number of benzene rings is 2. The molecule has 28 heavy (non-hydrogen) atoms. The Bertz CT molecular complexity index is 946. The Kier molecular flexibility index (Phi) is 5.42. The number of carbonyl (C=O) groups is 3. The van der Waals surface area contributed by atoms with Crippen molar-refractivity contribution in [2.24, 2.45) is 0 Å². The van der Waals surface area contributed by atoms with E-state index < -0.39 is 17.5 Å². The minimum atomic E-state index is -1.30. The highest BCUT2D eigenvalue weighted by molar-refractivity contribution is 6.32. The fourth-order valence-electron chi connectivity index (χ4n) is 3.28. The maximum Gasteiger partial charge on any atom is 0.325 e. The highest BCUT2D eigenvalue weighted by atomic mass is 35.5. The number of hydrogen-bond acceptors (Lipinski definition) is 3. The second kappa shape index (κ2) is 7.64. The summed E-state index contributed by atoms with van der Waals surface area (Å²) in [6.07, 6.45) is 0. The SMILES string of the molecule is Cc1ccccc1CN(C)C(=O)CN1C(=O)N[C@](C)(c2ccccc2Cl)C1=O. The molecule has 6 nitrogen and oxygen atoms in total. The van der Waals surface area contributed by atoms with Gasteiger partial charge in [0.1, 0.15) is 12.1 Å². The van der Waals surface area contributed by atoms with Crippen molar-refractivity contribution in [1.29, 1.82) is 0 Å². The molecular weight excluding hydrogens is 378 g/mol. The Morgan fingerprint density at radius 3 is 2.46 bits per heavy atom. The van der Waals surface area contributed by atoms with Crippen LogP contribution in [0, 0.1) is 6.92 Å². The predicted molar refractivity (Wildman–Crippen MR) is 107 cm³/mol. The van der Waals surface area contributed by atoms with Gasteiger partial charge in [-0.05, 0) is 31.0 Å². The number of amides is 4. The summed E-state index contributed by atoms with van der Waals surface area (Å²) >= 11 is 6.22. The van der Waals surface area contributed by atoms with E-state index in [1.54, 1.807) is 38.2 Å². The zero-order valence-electron chi connectivity index (χ0n) is 16.0. The van der Waals surface area contributed by atoms with E-state index in [9.17, 15) is 14.4 Å². The van der Waals surface area contributed by atoms with Gasteiger partial charge in [-0.1, -0.05) is 54.1 Å². The lowest BCUT2D eigenvalue weighted by Crippen LogP contribution is -2.43. The molecule has 1 atom stereocenters. The molecule has 2 aromatic carbocycles. The summed E-state index contributed by atoms with van der Waals surface area (Å²) in [6, 6.07) is 14.0. The number of nitrogens with one attached hydrogen (secondary N) is 1. The molecule has 2 aromatic rings. The molecule has 0 unspecified atom stereocenters. The molecule has 0 spiro atoms. The van der Waals surface area contributed by atoms with Gasteiger partial charge < -0.3 is 10.2 Å². The molecule has 7 heteroatoms. The molecular formula is C21H22ClN3O3. The fourth-order valence-corrected chi connectivity index (χ4v) is 3.60. The molecule has 0 bridgehead atoms. The normalized spacial score (nSPS) is 18.9. The Hall–Kier alpha value is -2.86. The van der Waals surface area contributed by atoms with Gasteiger partial charge in [0.15, 0.2) is 0 Å². The lowest BCUT2D eigenvalue weighted by molar-refractivity contribution is -0.138. The van der Waals surface area contributed by atoms with E-state index in [2.05, 4.69) is 5.32 Å². The molecule has 1 aliphatic rings. The molecule has 4 amide bonds. The Balaban J connectivity index is 1.75. The second-order valence-electron chi connectivity index (χ2n) is 7.10. The Morgan fingerprint density at radius 1 is 1.14 bits per heavy atom. The highest BCUT2D eigenvalue weighted by Gasteiger charge is 2.50. The second-order valence-corrected chi connectivity index (χ2v) is 7.51. The van der Waals surface area contributed by atoms with Gasteiger partial charge in [-0.3, -0.25) is 14.5 Å². The molecule has 1 heterocycles. The van der Waals surface area contributed by atoms with Crippen molar-refractivity contribution in [2.45, 2.75) is 25.9 Å². The van der Waals surface area contributed by atoms with E-state index in [0.29, 0.717) is 17.1 Å². The summed E-state index contributed by atoms with van der Waals surface area (Å²) in [6.45, 7) is 3.64. The maximum atomic E-state index is 13.0. The number of carbonyl (C=O) groups excluding carboxylic acids is 3. The van der Waals surface area contributed by atoms with E-state index in [1.807, 2.05) is 31.2 Å². The Morgan fingerprint density at radius 2 is 1.79 bits per heavy atom. The monoisotopic (exact) mass is 399 g/mol. The van der Waals surface area contributed by atoms with Crippen LogP contribution in [0.15, 0.2) is 48.5 Å². The lowest BCUT2D eigenvalue weighted by Gasteiger charge is -2.24. The first-order chi connectivity index (χ1) is 13.2. The van der Waals surface area contributed by atoms with Crippen molar-refractivity contribution in [1.82, 2.24) is 15.1 Å². The van der Waals surface area contributed by atoms with Gasteiger partial charge in [-0.15, -0.1) is 0 Å². The molecule has 146 valence electrons. The van der Waals surface area contributed by atoms with Gasteiger partial charge in [0.25, 0.3) is 5.91 Å². The number of urea groups is 1. The third kappa shape index (κ3) is 3.60. The average Bonchev–Trinajstić information content (AvgIpc) is 2.87. The molecule has 0 radical (unpaired) electrons. The van der Waals surface area contributed by atoms with Crippen LogP contribution in [0.1, 0.15) is 23.6 Å². The van der Waals surface area contributed by atoms with Gasteiger partial charge in [-0.2, -0.15) is 0 Å². The van der Waals surface area contributed by atoms with E-state index in [1.165, 1.54) is 4.90 Å². The van der Waals surface area contributed by atoms with E-state index >= 15 is 0 Å². The first kappa shape index (κ1) is 19.9. The molecule has 1 N–H and O–H groups in total. The largest absolute Gasteiger partial charge is 0.340 e. The number of halogens is 1. The molecule has 0 aliphatic carbocycles. The third-order valence-corrected chi connectivity index (χ3v) is 5.40. The minimum Gasteiger partial charge on any atom is -0.340 e. The molecule has 1 fully saturated rings. The molecule has 1 saturated heterocycles. The first-order valence-electron chi connectivity index (χ1n) is 8.91. The summed E-state index contributed by atoms with van der Waals surface area (Å²) in [7, 11) is 1.65. The van der Waals surface area contributed by atoms with Crippen LogP contribution < -0.4 is 5.32 Å². The quantitative estimate of drug-likeness (QED) is 0.785. The van der Waals surface area contributed by atoms with Gasteiger partial charge >= 0.3 is 6.03 Å².